The average Bonchev–Trinajstić information content (AvgIpc) is 3.24. The molecule has 0 radical (unpaired) electrons. The number of halogens is 1. The molecule has 35 heavy (non-hydrogen) atoms. The van der Waals surface area contributed by atoms with Gasteiger partial charge in [0.2, 0.25) is 5.95 Å². The fraction of sp³-hybridized carbons (Fsp3) is 0.259. The zero-order valence-electron chi connectivity index (χ0n) is 19.3. The summed E-state index contributed by atoms with van der Waals surface area (Å²) in [6.45, 7) is 5.34. The summed E-state index contributed by atoms with van der Waals surface area (Å²) in [5.41, 5.74) is 3.35. The Balaban J connectivity index is 1.30. The molecule has 1 aromatic heterocycles. The highest BCUT2D eigenvalue weighted by Crippen LogP contribution is 2.21. The lowest BCUT2D eigenvalue weighted by Crippen LogP contribution is -2.38. The van der Waals surface area contributed by atoms with Gasteiger partial charge in [-0.05, 0) is 54.1 Å². The van der Waals surface area contributed by atoms with Gasteiger partial charge in [-0.2, -0.15) is 0 Å². The fourth-order valence-corrected chi connectivity index (χ4v) is 4.40. The van der Waals surface area contributed by atoms with E-state index in [1.807, 2.05) is 66.7 Å². The van der Waals surface area contributed by atoms with Crippen LogP contribution in [0.5, 0.6) is 5.75 Å². The molecule has 1 amide bonds. The second kappa shape index (κ2) is 11.0. The Bertz CT molecular complexity index is 1300. The van der Waals surface area contributed by atoms with Gasteiger partial charge in [-0.3, -0.25) is 15.0 Å². The number of nitrogens with one attached hydrogen (secondary N) is 1. The van der Waals surface area contributed by atoms with E-state index in [0.29, 0.717) is 18.1 Å². The minimum Gasteiger partial charge on any atom is -0.489 e. The molecule has 8 heteroatoms. The maximum Gasteiger partial charge on any atom is 0.257 e. The molecule has 1 aliphatic heterocycles. The largest absolute Gasteiger partial charge is 0.489 e. The molecule has 5 rings (SSSR count). The van der Waals surface area contributed by atoms with Gasteiger partial charge < -0.3 is 14.0 Å². The van der Waals surface area contributed by atoms with Gasteiger partial charge in [0.25, 0.3) is 5.91 Å². The summed E-state index contributed by atoms with van der Waals surface area (Å²) in [4.78, 5) is 20.3. The van der Waals surface area contributed by atoms with Crippen molar-refractivity contribution in [1.29, 1.82) is 0 Å². The van der Waals surface area contributed by atoms with Crippen molar-refractivity contribution in [2.75, 3.05) is 38.2 Å². The SMILES string of the molecule is O=C(Nc1nc2ccccc2n1CCN1CCOCC1)c1cccc(COc2ccc(Br)cc2)c1. The highest BCUT2D eigenvalue weighted by atomic mass is 79.9. The van der Waals surface area contributed by atoms with E-state index in [-0.39, 0.29) is 5.91 Å². The minimum atomic E-state index is -0.196. The van der Waals surface area contributed by atoms with Gasteiger partial charge in [0.15, 0.2) is 0 Å². The Hall–Kier alpha value is -3.20. The Morgan fingerprint density at radius 1 is 1.00 bits per heavy atom. The highest BCUT2D eigenvalue weighted by Gasteiger charge is 2.17. The van der Waals surface area contributed by atoms with E-state index in [9.17, 15) is 4.79 Å². The lowest BCUT2D eigenvalue weighted by Gasteiger charge is -2.26. The molecule has 180 valence electrons. The number of imidazole rings is 1. The van der Waals surface area contributed by atoms with Crippen LogP contribution in [-0.4, -0.2) is 53.2 Å². The number of nitrogens with zero attached hydrogens (tertiary/aromatic N) is 3. The smallest absolute Gasteiger partial charge is 0.257 e. The van der Waals surface area contributed by atoms with E-state index < -0.39 is 0 Å². The molecule has 0 spiro atoms. The lowest BCUT2D eigenvalue weighted by atomic mass is 10.1. The van der Waals surface area contributed by atoms with Crippen molar-refractivity contribution >= 4 is 38.8 Å². The molecule has 1 fully saturated rings. The molecule has 7 nitrogen and oxygen atoms in total. The maximum absolute atomic E-state index is 13.2. The Labute approximate surface area is 212 Å². The third kappa shape index (κ3) is 5.90. The minimum absolute atomic E-state index is 0.196. The van der Waals surface area contributed by atoms with Gasteiger partial charge >= 0.3 is 0 Å². The molecule has 3 aromatic carbocycles. The maximum atomic E-state index is 13.2. The summed E-state index contributed by atoms with van der Waals surface area (Å²) in [6.07, 6.45) is 0. The first kappa shape index (κ1) is 23.5. The van der Waals surface area contributed by atoms with Crippen LogP contribution in [0, 0.1) is 0 Å². The molecule has 0 saturated carbocycles. The van der Waals surface area contributed by atoms with Crippen molar-refractivity contribution in [3.63, 3.8) is 0 Å². The predicted octanol–water partition coefficient (Wildman–Crippen LogP) is 4.96. The van der Waals surface area contributed by atoms with Gasteiger partial charge in [-0.25, -0.2) is 4.98 Å². The number of rotatable bonds is 8. The molecular weight excluding hydrogens is 508 g/mol. The van der Waals surface area contributed by atoms with Crippen LogP contribution in [0.25, 0.3) is 11.0 Å². The molecule has 2 heterocycles. The Morgan fingerprint density at radius 2 is 1.80 bits per heavy atom. The molecule has 0 bridgehead atoms. The third-order valence-electron chi connectivity index (χ3n) is 6.03. The van der Waals surface area contributed by atoms with Gasteiger partial charge in [0, 0.05) is 36.2 Å². The van der Waals surface area contributed by atoms with Gasteiger partial charge in [0.05, 0.1) is 24.2 Å². The number of para-hydroxylation sites is 2. The number of hydrogen-bond donors (Lipinski definition) is 1. The number of amides is 1. The van der Waals surface area contributed by atoms with E-state index in [4.69, 9.17) is 14.5 Å². The number of hydrogen-bond acceptors (Lipinski definition) is 5. The van der Waals surface area contributed by atoms with Crippen LogP contribution >= 0.6 is 15.9 Å². The number of morpholine rings is 1. The van der Waals surface area contributed by atoms with Crippen LogP contribution in [0.15, 0.2) is 77.3 Å². The van der Waals surface area contributed by atoms with Crippen LogP contribution in [0.3, 0.4) is 0 Å². The molecule has 1 saturated heterocycles. The molecule has 0 unspecified atom stereocenters. The summed E-state index contributed by atoms with van der Waals surface area (Å²) < 4.78 is 14.4. The molecule has 1 aliphatic rings. The molecular formula is C27H27BrN4O3. The number of carbonyl (C=O) groups is 1. The summed E-state index contributed by atoms with van der Waals surface area (Å²) in [7, 11) is 0. The molecule has 4 aromatic rings. The Kier molecular flexibility index (Phi) is 7.42. The van der Waals surface area contributed by atoms with Crippen molar-refractivity contribution in [2.45, 2.75) is 13.2 Å². The normalized spacial score (nSPS) is 14.2. The van der Waals surface area contributed by atoms with Crippen LogP contribution < -0.4 is 10.1 Å². The number of anilines is 1. The summed E-state index contributed by atoms with van der Waals surface area (Å²) >= 11 is 3.43. The summed E-state index contributed by atoms with van der Waals surface area (Å²) in [5, 5.41) is 3.03. The highest BCUT2D eigenvalue weighted by molar-refractivity contribution is 9.10. The summed E-state index contributed by atoms with van der Waals surface area (Å²) in [5.74, 6) is 1.14. The van der Waals surface area contributed by atoms with Crippen LogP contribution in [0.2, 0.25) is 0 Å². The van der Waals surface area contributed by atoms with Crippen molar-refractivity contribution < 1.29 is 14.3 Å². The van der Waals surface area contributed by atoms with E-state index in [2.05, 4.69) is 30.7 Å². The second-order valence-electron chi connectivity index (χ2n) is 8.43. The number of ether oxygens (including phenoxy) is 2. The first-order chi connectivity index (χ1) is 17.2. The van der Waals surface area contributed by atoms with E-state index in [1.54, 1.807) is 6.07 Å². The number of carbonyl (C=O) groups excluding carboxylic acids is 1. The van der Waals surface area contributed by atoms with Gasteiger partial charge in [-0.15, -0.1) is 0 Å². The molecule has 0 atom stereocenters. The van der Waals surface area contributed by atoms with Crippen molar-refractivity contribution in [1.82, 2.24) is 14.5 Å². The number of fused-ring (bicyclic) bond motifs is 1. The van der Waals surface area contributed by atoms with Crippen LogP contribution in [0.1, 0.15) is 15.9 Å². The topological polar surface area (TPSA) is 68.6 Å². The van der Waals surface area contributed by atoms with Gasteiger partial charge in [-0.1, -0.05) is 40.2 Å². The quantitative estimate of drug-likeness (QED) is 0.346. The Morgan fingerprint density at radius 3 is 2.63 bits per heavy atom. The van der Waals surface area contributed by atoms with Crippen molar-refractivity contribution in [2.24, 2.45) is 0 Å². The van der Waals surface area contributed by atoms with Gasteiger partial charge in [0.1, 0.15) is 12.4 Å². The van der Waals surface area contributed by atoms with Crippen molar-refractivity contribution in [3.8, 4) is 5.75 Å². The van der Waals surface area contributed by atoms with E-state index in [0.717, 1.165) is 66.2 Å². The monoisotopic (exact) mass is 534 g/mol. The zero-order valence-corrected chi connectivity index (χ0v) is 20.9. The first-order valence-electron chi connectivity index (χ1n) is 11.7. The first-order valence-corrected chi connectivity index (χ1v) is 12.5. The number of aromatic nitrogens is 2. The van der Waals surface area contributed by atoms with Crippen LogP contribution in [0.4, 0.5) is 5.95 Å². The average molecular weight is 535 g/mol. The van der Waals surface area contributed by atoms with E-state index >= 15 is 0 Å². The molecule has 0 aliphatic carbocycles. The predicted molar refractivity (Wildman–Crippen MR) is 140 cm³/mol. The zero-order chi connectivity index (χ0) is 24.0. The number of benzene rings is 3. The van der Waals surface area contributed by atoms with E-state index in [1.165, 1.54) is 0 Å². The second-order valence-corrected chi connectivity index (χ2v) is 9.34. The van der Waals surface area contributed by atoms with Crippen molar-refractivity contribution in [3.05, 3.63) is 88.4 Å². The lowest BCUT2D eigenvalue weighted by molar-refractivity contribution is 0.0366. The summed E-state index contributed by atoms with van der Waals surface area (Å²) in [6, 6.07) is 23.1. The third-order valence-corrected chi connectivity index (χ3v) is 6.56. The fourth-order valence-electron chi connectivity index (χ4n) is 4.14. The van der Waals surface area contributed by atoms with Crippen LogP contribution in [-0.2, 0) is 17.9 Å². The molecule has 1 N–H and O–H groups in total. The standard InChI is InChI=1S/C27H27BrN4O3/c28-22-8-10-23(11-9-22)35-19-20-4-3-5-21(18-20)26(33)30-27-29-24-6-1-2-7-25(24)32(27)13-12-31-14-16-34-17-15-31/h1-11,18H,12-17,19H2,(H,29,30,33).